The molecule has 0 aliphatic carbocycles. The summed E-state index contributed by atoms with van der Waals surface area (Å²) in [6.45, 7) is 2.73. The SMILES string of the molecule is CCN(Cc1cccc(F)c1)C(=O)COC(=O)c1cc(OC)c2c(c1)OCCO2. The first-order valence-electron chi connectivity index (χ1n) is 9.18. The molecule has 0 saturated carbocycles. The Morgan fingerprint density at radius 1 is 1.17 bits per heavy atom. The lowest BCUT2D eigenvalue weighted by Crippen LogP contribution is -2.34. The van der Waals surface area contributed by atoms with Gasteiger partial charge in [-0.05, 0) is 36.8 Å². The number of ether oxygens (including phenoxy) is 4. The fraction of sp³-hybridized carbons (Fsp3) is 0.333. The zero-order chi connectivity index (χ0) is 20.8. The van der Waals surface area contributed by atoms with E-state index < -0.39 is 12.6 Å². The molecule has 0 radical (unpaired) electrons. The van der Waals surface area contributed by atoms with Crippen molar-refractivity contribution in [3.8, 4) is 17.2 Å². The number of halogens is 1. The third-order valence-electron chi connectivity index (χ3n) is 4.39. The maximum atomic E-state index is 13.3. The van der Waals surface area contributed by atoms with Gasteiger partial charge in [-0.2, -0.15) is 0 Å². The number of amides is 1. The number of benzene rings is 2. The standard InChI is InChI=1S/C21H22FNO6/c1-3-23(12-14-5-4-6-16(22)9-14)19(24)13-29-21(25)15-10-17(26-2)20-18(11-15)27-7-8-28-20/h4-6,9-11H,3,7-8,12-13H2,1-2H3. The third kappa shape index (κ3) is 4.96. The van der Waals surface area contributed by atoms with Gasteiger partial charge in [0.25, 0.3) is 5.91 Å². The van der Waals surface area contributed by atoms with Crippen molar-refractivity contribution in [2.45, 2.75) is 13.5 Å². The van der Waals surface area contributed by atoms with Gasteiger partial charge in [0.2, 0.25) is 5.75 Å². The van der Waals surface area contributed by atoms with Crippen molar-refractivity contribution >= 4 is 11.9 Å². The number of carbonyl (C=O) groups is 2. The number of hydrogen-bond donors (Lipinski definition) is 0. The number of methoxy groups -OCH3 is 1. The Kier molecular flexibility index (Phi) is 6.54. The normalized spacial score (nSPS) is 12.2. The minimum Gasteiger partial charge on any atom is -0.493 e. The Balaban J connectivity index is 1.64. The molecule has 0 aromatic heterocycles. The minimum absolute atomic E-state index is 0.187. The average molecular weight is 403 g/mol. The Hall–Kier alpha value is -3.29. The summed E-state index contributed by atoms with van der Waals surface area (Å²) in [6, 6.07) is 8.98. The van der Waals surface area contributed by atoms with Crippen LogP contribution in [0.25, 0.3) is 0 Å². The average Bonchev–Trinajstić information content (AvgIpc) is 2.74. The summed E-state index contributed by atoms with van der Waals surface area (Å²) in [6.07, 6.45) is 0. The van der Waals surface area contributed by atoms with E-state index in [2.05, 4.69) is 0 Å². The van der Waals surface area contributed by atoms with Gasteiger partial charge in [-0.1, -0.05) is 12.1 Å². The van der Waals surface area contributed by atoms with Crippen LogP contribution in [0.15, 0.2) is 36.4 Å². The van der Waals surface area contributed by atoms with Gasteiger partial charge in [-0.25, -0.2) is 9.18 Å². The Morgan fingerprint density at radius 2 is 1.97 bits per heavy atom. The summed E-state index contributed by atoms with van der Waals surface area (Å²) < 4.78 is 34.7. The number of fused-ring (bicyclic) bond motifs is 1. The second-order valence-electron chi connectivity index (χ2n) is 6.32. The highest BCUT2D eigenvalue weighted by Gasteiger charge is 2.22. The molecule has 0 atom stereocenters. The molecule has 3 rings (SSSR count). The van der Waals surface area contributed by atoms with Crippen molar-refractivity contribution in [1.82, 2.24) is 4.90 Å². The molecule has 2 aromatic rings. The van der Waals surface area contributed by atoms with Crippen LogP contribution in [-0.4, -0.2) is 50.3 Å². The van der Waals surface area contributed by atoms with Crippen LogP contribution >= 0.6 is 0 Å². The van der Waals surface area contributed by atoms with Crippen LogP contribution in [-0.2, 0) is 16.1 Å². The number of rotatable bonds is 7. The molecular formula is C21H22FNO6. The van der Waals surface area contributed by atoms with E-state index in [1.54, 1.807) is 19.1 Å². The summed E-state index contributed by atoms with van der Waals surface area (Å²) in [5.41, 5.74) is 0.843. The molecule has 29 heavy (non-hydrogen) atoms. The minimum atomic E-state index is -0.685. The molecule has 7 nitrogen and oxygen atoms in total. The number of esters is 1. The fourth-order valence-electron chi connectivity index (χ4n) is 2.92. The fourth-order valence-corrected chi connectivity index (χ4v) is 2.92. The summed E-state index contributed by atoms with van der Waals surface area (Å²) >= 11 is 0. The molecule has 2 aromatic carbocycles. The highest BCUT2D eigenvalue weighted by molar-refractivity contribution is 5.92. The Labute approximate surface area is 167 Å². The molecule has 1 aliphatic rings. The van der Waals surface area contributed by atoms with E-state index >= 15 is 0 Å². The second kappa shape index (κ2) is 9.27. The maximum Gasteiger partial charge on any atom is 0.338 e. The van der Waals surface area contributed by atoms with Crippen molar-refractivity contribution in [3.63, 3.8) is 0 Å². The van der Waals surface area contributed by atoms with Crippen LogP contribution in [0.3, 0.4) is 0 Å². The summed E-state index contributed by atoms with van der Waals surface area (Å²) in [5, 5.41) is 0. The molecule has 1 heterocycles. The van der Waals surface area contributed by atoms with Crippen LogP contribution in [0.5, 0.6) is 17.2 Å². The molecule has 0 bridgehead atoms. The van der Waals surface area contributed by atoms with Gasteiger partial charge in [0.15, 0.2) is 18.1 Å². The number of nitrogens with zero attached hydrogens (tertiary/aromatic N) is 1. The first-order chi connectivity index (χ1) is 14.0. The second-order valence-corrected chi connectivity index (χ2v) is 6.32. The molecule has 154 valence electrons. The van der Waals surface area contributed by atoms with Crippen molar-refractivity contribution in [2.75, 3.05) is 33.5 Å². The van der Waals surface area contributed by atoms with Gasteiger partial charge in [0.1, 0.15) is 19.0 Å². The van der Waals surface area contributed by atoms with Gasteiger partial charge < -0.3 is 23.8 Å². The van der Waals surface area contributed by atoms with Gasteiger partial charge >= 0.3 is 5.97 Å². The number of likely N-dealkylation sites (N-methyl/N-ethyl adjacent to an activating group) is 1. The predicted molar refractivity (Wildman–Crippen MR) is 102 cm³/mol. The number of hydrogen-bond acceptors (Lipinski definition) is 6. The molecule has 0 unspecified atom stereocenters. The molecule has 1 amide bonds. The molecule has 8 heteroatoms. The van der Waals surface area contributed by atoms with Crippen molar-refractivity contribution in [2.24, 2.45) is 0 Å². The first-order valence-corrected chi connectivity index (χ1v) is 9.18. The first kappa shape index (κ1) is 20.4. The van der Waals surface area contributed by atoms with E-state index in [-0.39, 0.29) is 23.8 Å². The van der Waals surface area contributed by atoms with Gasteiger partial charge in [0.05, 0.1) is 12.7 Å². The van der Waals surface area contributed by atoms with Crippen LogP contribution in [0.4, 0.5) is 4.39 Å². The topological polar surface area (TPSA) is 74.3 Å². The van der Waals surface area contributed by atoms with Gasteiger partial charge in [0, 0.05) is 13.1 Å². The molecule has 1 aliphatic heterocycles. The van der Waals surface area contributed by atoms with E-state index in [0.29, 0.717) is 42.6 Å². The van der Waals surface area contributed by atoms with Crippen molar-refractivity contribution < 1.29 is 32.9 Å². The largest absolute Gasteiger partial charge is 0.493 e. The van der Waals surface area contributed by atoms with Crippen LogP contribution in [0.1, 0.15) is 22.8 Å². The molecular weight excluding hydrogens is 381 g/mol. The van der Waals surface area contributed by atoms with E-state index in [9.17, 15) is 14.0 Å². The Bertz CT molecular complexity index is 883. The van der Waals surface area contributed by atoms with Gasteiger partial charge in [-0.15, -0.1) is 0 Å². The summed E-state index contributed by atoms with van der Waals surface area (Å²) in [4.78, 5) is 26.3. The lowest BCUT2D eigenvalue weighted by molar-refractivity contribution is -0.134. The quantitative estimate of drug-likeness (QED) is 0.662. The monoisotopic (exact) mass is 403 g/mol. The third-order valence-corrected chi connectivity index (χ3v) is 4.39. The molecule has 0 N–H and O–H groups in total. The van der Waals surface area contributed by atoms with E-state index in [1.165, 1.54) is 36.3 Å². The lowest BCUT2D eigenvalue weighted by Gasteiger charge is -2.22. The van der Waals surface area contributed by atoms with Gasteiger partial charge in [-0.3, -0.25) is 4.79 Å². The molecule has 0 fully saturated rings. The smallest absolute Gasteiger partial charge is 0.338 e. The van der Waals surface area contributed by atoms with Crippen molar-refractivity contribution in [3.05, 3.63) is 53.3 Å². The van der Waals surface area contributed by atoms with Crippen LogP contribution < -0.4 is 14.2 Å². The van der Waals surface area contributed by atoms with E-state index in [1.807, 2.05) is 0 Å². The molecule has 0 spiro atoms. The zero-order valence-electron chi connectivity index (χ0n) is 16.3. The highest BCUT2D eigenvalue weighted by Crippen LogP contribution is 2.40. The van der Waals surface area contributed by atoms with Crippen LogP contribution in [0, 0.1) is 5.82 Å². The Morgan fingerprint density at radius 3 is 2.69 bits per heavy atom. The zero-order valence-corrected chi connectivity index (χ0v) is 16.3. The predicted octanol–water partition coefficient (Wildman–Crippen LogP) is 2.81. The van der Waals surface area contributed by atoms with Crippen molar-refractivity contribution in [1.29, 1.82) is 0 Å². The van der Waals surface area contributed by atoms with Crippen LogP contribution in [0.2, 0.25) is 0 Å². The maximum absolute atomic E-state index is 13.3. The van der Waals surface area contributed by atoms with E-state index in [4.69, 9.17) is 18.9 Å². The summed E-state index contributed by atoms with van der Waals surface area (Å²) in [7, 11) is 1.46. The number of carbonyl (C=O) groups excluding carboxylic acids is 2. The highest BCUT2D eigenvalue weighted by atomic mass is 19.1. The van der Waals surface area contributed by atoms with E-state index in [0.717, 1.165) is 0 Å². The molecule has 0 saturated heterocycles. The summed E-state index contributed by atoms with van der Waals surface area (Å²) in [5.74, 6) is -0.273. The lowest BCUT2D eigenvalue weighted by atomic mass is 10.1.